The Morgan fingerprint density at radius 3 is 2.50 bits per heavy atom. The Labute approximate surface area is 120 Å². The number of aliphatic carboxylic acids is 1. The molecule has 0 aliphatic carbocycles. The number of benzene rings is 1. The summed E-state index contributed by atoms with van der Waals surface area (Å²) < 4.78 is 5.09. The molecule has 1 N–H and O–H groups in total. The Hall–Kier alpha value is -2.14. The van der Waals surface area contributed by atoms with Gasteiger partial charge in [0.15, 0.2) is 5.92 Å². The topological polar surface area (TPSA) is 63.6 Å². The molecule has 1 aromatic heterocycles. The molecule has 4 nitrogen and oxygen atoms in total. The molecule has 2 aromatic rings. The van der Waals surface area contributed by atoms with E-state index in [0.717, 1.165) is 10.4 Å². The highest BCUT2D eigenvalue weighted by Crippen LogP contribution is 2.16. The number of carboxylic acids is 1. The Morgan fingerprint density at radius 2 is 1.90 bits per heavy atom. The number of hydrogen-bond donors (Lipinski definition) is 1. The average molecular weight is 290 g/mol. The number of hydrogen-bond acceptors (Lipinski definition) is 4. The highest BCUT2D eigenvalue weighted by Gasteiger charge is 2.28. The molecule has 1 heterocycles. The van der Waals surface area contributed by atoms with Gasteiger partial charge in [-0.25, -0.2) is 0 Å². The van der Waals surface area contributed by atoms with Crippen LogP contribution in [0.2, 0.25) is 0 Å². The molecular formula is C15H14O4S. The van der Waals surface area contributed by atoms with E-state index in [9.17, 15) is 9.59 Å². The van der Waals surface area contributed by atoms with Gasteiger partial charge in [-0.1, -0.05) is 36.4 Å². The summed E-state index contributed by atoms with van der Waals surface area (Å²) in [5, 5.41) is 11.0. The first kappa shape index (κ1) is 14.3. The van der Waals surface area contributed by atoms with Gasteiger partial charge in [0.25, 0.3) is 0 Å². The SMILES string of the molecule is O=C(O)C(Cc1cccs1)C(=O)OCc1ccccc1. The highest BCUT2D eigenvalue weighted by molar-refractivity contribution is 7.09. The number of rotatable bonds is 6. The van der Waals surface area contributed by atoms with Gasteiger partial charge in [-0.05, 0) is 17.0 Å². The third-order valence-electron chi connectivity index (χ3n) is 2.79. The molecule has 0 saturated heterocycles. The van der Waals surface area contributed by atoms with Crippen molar-refractivity contribution in [1.82, 2.24) is 0 Å². The van der Waals surface area contributed by atoms with Crippen LogP contribution in [-0.4, -0.2) is 17.0 Å². The highest BCUT2D eigenvalue weighted by atomic mass is 32.1. The second kappa shape index (κ2) is 6.86. The van der Waals surface area contributed by atoms with Crippen LogP contribution in [0.3, 0.4) is 0 Å². The van der Waals surface area contributed by atoms with Crippen LogP contribution in [0.25, 0.3) is 0 Å². The molecule has 0 bridgehead atoms. The molecule has 0 spiro atoms. The molecule has 5 heteroatoms. The molecule has 20 heavy (non-hydrogen) atoms. The zero-order valence-corrected chi connectivity index (χ0v) is 11.5. The molecule has 0 radical (unpaired) electrons. The summed E-state index contributed by atoms with van der Waals surface area (Å²) in [7, 11) is 0. The van der Waals surface area contributed by atoms with E-state index < -0.39 is 17.9 Å². The number of carbonyl (C=O) groups is 2. The number of carbonyl (C=O) groups excluding carboxylic acids is 1. The van der Waals surface area contributed by atoms with Crippen LogP contribution < -0.4 is 0 Å². The smallest absolute Gasteiger partial charge is 0.321 e. The van der Waals surface area contributed by atoms with Crippen molar-refractivity contribution < 1.29 is 19.4 Å². The van der Waals surface area contributed by atoms with Crippen LogP contribution >= 0.6 is 11.3 Å². The predicted octanol–water partition coefficient (Wildman–Crippen LogP) is 2.73. The third kappa shape index (κ3) is 3.93. The first-order valence-corrected chi connectivity index (χ1v) is 7.00. The van der Waals surface area contributed by atoms with E-state index >= 15 is 0 Å². The maximum absolute atomic E-state index is 11.9. The summed E-state index contributed by atoms with van der Waals surface area (Å²) in [6.07, 6.45) is 0.167. The first-order chi connectivity index (χ1) is 9.66. The van der Waals surface area contributed by atoms with Crippen LogP contribution in [0.15, 0.2) is 47.8 Å². The minimum absolute atomic E-state index is 0.0912. The van der Waals surface area contributed by atoms with Crippen LogP contribution in [0.1, 0.15) is 10.4 Å². The zero-order chi connectivity index (χ0) is 14.4. The quantitative estimate of drug-likeness (QED) is 0.656. The standard InChI is InChI=1S/C15H14O4S/c16-14(17)13(9-12-7-4-8-20-12)15(18)19-10-11-5-2-1-3-6-11/h1-8,13H,9-10H2,(H,16,17). The monoisotopic (exact) mass is 290 g/mol. The summed E-state index contributed by atoms with van der Waals surface area (Å²) in [6.45, 7) is 0.0912. The van der Waals surface area contributed by atoms with Gasteiger partial charge in [-0.2, -0.15) is 0 Å². The van der Waals surface area contributed by atoms with E-state index in [1.165, 1.54) is 11.3 Å². The Morgan fingerprint density at radius 1 is 1.15 bits per heavy atom. The molecule has 1 unspecified atom stereocenters. The molecule has 0 saturated carbocycles. The lowest BCUT2D eigenvalue weighted by Crippen LogP contribution is -2.27. The van der Waals surface area contributed by atoms with E-state index in [1.807, 2.05) is 47.8 Å². The van der Waals surface area contributed by atoms with Crippen LogP contribution in [-0.2, 0) is 27.4 Å². The van der Waals surface area contributed by atoms with E-state index in [2.05, 4.69) is 0 Å². The van der Waals surface area contributed by atoms with Crippen molar-refractivity contribution >= 4 is 23.3 Å². The van der Waals surface area contributed by atoms with E-state index in [1.54, 1.807) is 0 Å². The fourth-order valence-corrected chi connectivity index (χ4v) is 2.48. The van der Waals surface area contributed by atoms with Crippen LogP contribution in [0.5, 0.6) is 0 Å². The third-order valence-corrected chi connectivity index (χ3v) is 3.69. The summed E-state index contributed by atoms with van der Waals surface area (Å²) in [6, 6.07) is 12.8. The summed E-state index contributed by atoms with van der Waals surface area (Å²) in [5.41, 5.74) is 0.834. The van der Waals surface area contributed by atoms with Crippen LogP contribution in [0.4, 0.5) is 0 Å². The fraction of sp³-hybridized carbons (Fsp3) is 0.200. The molecule has 1 aromatic carbocycles. The van der Waals surface area contributed by atoms with E-state index in [-0.39, 0.29) is 13.0 Å². The Balaban J connectivity index is 1.95. The van der Waals surface area contributed by atoms with Crippen molar-refractivity contribution in [3.05, 3.63) is 58.3 Å². The molecule has 0 aliphatic heterocycles. The average Bonchev–Trinajstić information content (AvgIpc) is 2.96. The van der Waals surface area contributed by atoms with Gasteiger partial charge in [-0.15, -0.1) is 11.3 Å². The maximum atomic E-state index is 11.9. The van der Waals surface area contributed by atoms with Crippen molar-refractivity contribution in [2.75, 3.05) is 0 Å². The molecule has 2 rings (SSSR count). The van der Waals surface area contributed by atoms with Crippen molar-refractivity contribution in [3.8, 4) is 0 Å². The van der Waals surface area contributed by atoms with Crippen molar-refractivity contribution in [1.29, 1.82) is 0 Å². The normalized spacial score (nSPS) is 11.8. The lowest BCUT2D eigenvalue weighted by molar-refractivity contribution is -0.159. The Bertz CT molecular complexity index is 563. The number of carboxylic acid groups (broad SMARTS) is 1. The molecule has 104 valence electrons. The fourth-order valence-electron chi connectivity index (χ4n) is 1.73. The van der Waals surface area contributed by atoms with Gasteiger partial charge in [0.05, 0.1) is 0 Å². The van der Waals surface area contributed by atoms with Crippen molar-refractivity contribution in [2.45, 2.75) is 13.0 Å². The van der Waals surface area contributed by atoms with Gasteiger partial charge in [0.2, 0.25) is 0 Å². The second-order valence-electron chi connectivity index (χ2n) is 4.27. The number of esters is 1. The summed E-state index contributed by atoms with van der Waals surface area (Å²) in [4.78, 5) is 23.9. The second-order valence-corrected chi connectivity index (χ2v) is 5.30. The molecule has 0 fully saturated rings. The lowest BCUT2D eigenvalue weighted by Gasteiger charge is -2.11. The maximum Gasteiger partial charge on any atom is 0.321 e. The molecule has 0 amide bonds. The molecule has 1 atom stereocenters. The van der Waals surface area contributed by atoms with E-state index in [0.29, 0.717) is 0 Å². The van der Waals surface area contributed by atoms with Crippen molar-refractivity contribution in [2.24, 2.45) is 5.92 Å². The van der Waals surface area contributed by atoms with Crippen LogP contribution in [0, 0.1) is 5.92 Å². The largest absolute Gasteiger partial charge is 0.481 e. The Kier molecular flexibility index (Phi) is 4.90. The minimum Gasteiger partial charge on any atom is -0.481 e. The van der Waals surface area contributed by atoms with Crippen molar-refractivity contribution in [3.63, 3.8) is 0 Å². The first-order valence-electron chi connectivity index (χ1n) is 6.12. The van der Waals surface area contributed by atoms with Gasteiger partial charge in [0.1, 0.15) is 6.61 Å². The minimum atomic E-state index is -1.16. The van der Waals surface area contributed by atoms with Gasteiger partial charge < -0.3 is 9.84 Å². The van der Waals surface area contributed by atoms with Gasteiger partial charge in [-0.3, -0.25) is 9.59 Å². The molecular weight excluding hydrogens is 276 g/mol. The van der Waals surface area contributed by atoms with Gasteiger partial charge >= 0.3 is 11.9 Å². The lowest BCUT2D eigenvalue weighted by atomic mass is 10.1. The predicted molar refractivity (Wildman–Crippen MR) is 75.4 cm³/mol. The van der Waals surface area contributed by atoms with Gasteiger partial charge in [0, 0.05) is 11.3 Å². The van der Waals surface area contributed by atoms with E-state index in [4.69, 9.17) is 9.84 Å². The zero-order valence-electron chi connectivity index (χ0n) is 10.7. The molecule has 0 aliphatic rings. The summed E-state index contributed by atoms with van der Waals surface area (Å²) in [5.74, 6) is -3.01. The number of ether oxygens (including phenoxy) is 1. The number of thiophene rings is 1. The summed E-state index contributed by atoms with van der Waals surface area (Å²) >= 11 is 1.43.